The summed E-state index contributed by atoms with van der Waals surface area (Å²) >= 11 is 1.66. The molecule has 0 saturated carbocycles. The molecular formula is C18H21N3O4S. The van der Waals surface area contributed by atoms with Crippen molar-refractivity contribution in [2.45, 2.75) is 19.5 Å². The SMILES string of the molecule is CCOC(=O)C1=C(CN(C)Cc2cccs2)NC(=O)N[C@H]1c1ccco1. The molecule has 138 valence electrons. The average Bonchev–Trinajstić information content (AvgIpc) is 3.27. The van der Waals surface area contributed by atoms with Crippen molar-refractivity contribution in [1.29, 1.82) is 0 Å². The van der Waals surface area contributed by atoms with Crippen LogP contribution in [0, 0.1) is 0 Å². The number of urea groups is 1. The molecule has 1 aliphatic heterocycles. The summed E-state index contributed by atoms with van der Waals surface area (Å²) in [5, 5.41) is 7.51. The minimum atomic E-state index is -0.678. The smallest absolute Gasteiger partial charge is 0.338 e. The number of ether oxygens (including phenoxy) is 1. The standard InChI is InChI=1S/C18H21N3O4S/c1-3-24-17(22)15-13(11-21(2)10-12-6-5-9-26-12)19-18(23)20-16(15)14-7-4-8-25-14/h4-9,16H,3,10-11H2,1-2H3,(H2,19,20,23)/t16-/m0/s1. The van der Waals surface area contributed by atoms with Gasteiger partial charge in [0, 0.05) is 23.7 Å². The highest BCUT2D eigenvalue weighted by molar-refractivity contribution is 7.09. The van der Waals surface area contributed by atoms with E-state index in [0.717, 1.165) is 0 Å². The first-order valence-electron chi connectivity index (χ1n) is 8.30. The highest BCUT2D eigenvalue weighted by Crippen LogP contribution is 2.28. The number of thiophene rings is 1. The Hall–Kier alpha value is -2.58. The monoisotopic (exact) mass is 375 g/mol. The zero-order valence-electron chi connectivity index (χ0n) is 14.7. The molecule has 0 spiro atoms. The van der Waals surface area contributed by atoms with E-state index in [-0.39, 0.29) is 12.6 Å². The Morgan fingerprint density at radius 2 is 2.19 bits per heavy atom. The van der Waals surface area contributed by atoms with Crippen LogP contribution in [0.25, 0.3) is 0 Å². The number of carbonyl (C=O) groups is 2. The molecule has 0 aliphatic carbocycles. The van der Waals surface area contributed by atoms with Gasteiger partial charge in [0.2, 0.25) is 0 Å². The van der Waals surface area contributed by atoms with E-state index < -0.39 is 12.0 Å². The Balaban J connectivity index is 1.90. The Morgan fingerprint density at radius 3 is 2.85 bits per heavy atom. The van der Waals surface area contributed by atoms with Gasteiger partial charge < -0.3 is 19.8 Å². The molecule has 1 aliphatic rings. The number of esters is 1. The molecule has 0 bridgehead atoms. The van der Waals surface area contributed by atoms with Gasteiger partial charge in [0.05, 0.1) is 18.4 Å². The van der Waals surface area contributed by atoms with Crippen molar-refractivity contribution in [3.63, 3.8) is 0 Å². The maximum Gasteiger partial charge on any atom is 0.338 e. The summed E-state index contributed by atoms with van der Waals surface area (Å²) in [5.74, 6) is 0.0160. The lowest BCUT2D eigenvalue weighted by atomic mass is 10.00. The quantitative estimate of drug-likeness (QED) is 0.727. The summed E-state index contributed by atoms with van der Waals surface area (Å²) in [5.41, 5.74) is 0.882. The molecule has 2 aromatic rings. The Morgan fingerprint density at radius 1 is 1.35 bits per heavy atom. The van der Waals surface area contributed by atoms with Crippen LogP contribution in [-0.4, -0.2) is 37.1 Å². The molecule has 0 saturated heterocycles. The minimum Gasteiger partial charge on any atom is -0.467 e. The van der Waals surface area contributed by atoms with E-state index in [9.17, 15) is 9.59 Å². The molecular weight excluding hydrogens is 354 g/mol. The minimum absolute atomic E-state index is 0.249. The van der Waals surface area contributed by atoms with Gasteiger partial charge in [-0.05, 0) is 37.6 Å². The number of nitrogens with zero attached hydrogens (tertiary/aromatic N) is 1. The highest BCUT2D eigenvalue weighted by atomic mass is 32.1. The molecule has 0 aromatic carbocycles. The lowest BCUT2D eigenvalue weighted by Crippen LogP contribution is -2.48. The molecule has 8 heteroatoms. The van der Waals surface area contributed by atoms with Crippen molar-refractivity contribution in [1.82, 2.24) is 15.5 Å². The van der Waals surface area contributed by atoms with Gasteiger partial charge in [-0.2, -0.15) is 0 Å². The summed E-state index contributed by atoms with van der Waals surface area (Å²) in [6, 6.07) is 6.43. The highest BCUT2D eigenvalue weighted by Gasteiger charge is 2.35. The van der Waals surface area contributed by atoms with Crippen LogP contribution < -0.4 is 10.6 Å². The van der Waals surface area contributed by atoms with E-state index >= 15 is 0 Å². The van der Waals surface area contributed by atoms with Crippen molar-refractivity contribution < 1.29 is 18.7 Å². The zero-order valence-corrected chi connectivity index (χ0v) is 15.5. The van der Waals surface area contributed by atoms with E-state index in [4.69, 9.17) is 9.15 Å². The fourth-order valence-electron chi connectivity index (χ4n) is 2.86. The summed E-state index contributed by atoms with van der Waals surface area (Å²) in [6.45, 7) is 3.11. The first-order chi connectivity index (χ1) is 12.6. The van der Waals surface area contributed by atoms with Crippen molar-refractivity contribution in [2.24, 2.45) is 0 Å². The first kappa shape index (κ1) is 18.2. The second-order valence-corrected chi connectivity index (χ2v) is 6.94. The van der Waals surface area contributed by atoms with Gasteiger partial charge in [0.1, 0.15) is 11.8 Å². The van der Waals surface area contributed by atoms with Crippen molar-refractivity contribution in [3.05, 3.63) is 57.8 Å². The predicted octanol–water partition coefficient (Wildman–Crippen LogP) is 2.64. The third-order valence-electron chi connectivity index (χ3n) is 3.91. The first-order valence-corrected chi connectivity index (χ1v) is 9.18. The third kappa shape index (κ3) is 4.14. The van der Waals surface area contributed by atoms with Crippen molar-refractivity contribution >= 4 is 23.3 Å². The van der Waals surface area contributed by atoms with Crippen LogP contribution >= 0.6 is 11.3 Å². The fraction of sp³-hybridized carbons (Fsp3) is 0.333. The number of hydrogen-bond donors (Lipinski definition) is 2. The van der Waals surface area contributed by atoms with Crippen LogP contribution in [-0.2, 0) is 16.1 Å². The van der Waals surface area contributed by atoms with E-state index in [0.29, 0.717) is 30.1 Å². The number of amides is 2. The van der Waals surface area contributed by atoms with E-state index in [1.807, 2.05) is 23.4 Å². The van der Waals surface area contributed by atoms with Gasteiger partial charge in [0.25, 0.3) is 0 Å². The summed E-state index contributed by atoms with van der Waals surface area (Å²) in [7, 11) is 1.94. The van der Waals surface area contributed by atoms with Gasteiger partial charge in [-0.15, -0.1) is 11.3 Å². The normalized spacial score (nSPS) is 17.2. The van der Waals surface area contributed by atoms with Gasteiger partial charge in [-0.1, -0.05) is 6.07 Å². The van der Waals surface area contributed by atoms with Crippen LogP contribution in [0.15, 0.2) is 51.6 Å². The molecule has 3 rings (SSSR count). The number of hydrogen-bond acceptors (Lipinski definition) is 6. The second-order valence-electron chi connectivity index (χ2n) is 5.91. The Kier molecular flexibility index (Phi) is 5.75. The van der Waals surface area contributed by atoms with Gasteiger partial charge in [-0.3, -0.25) is 4.90 Å². The van der Waals surface area contributed by atoms with Gasteiger partial charge in [0.15, 0.2) is 0 Å². The zero-order chi connectivity index (χ0) is 18.5. The number of furan rings is 1. The number of nitrogens with one attached hydrogen (secondary N) is 2. The molecule has 1 atom stereocenters. The topological polar surface area (TPSA) is 83.8 Å². The van der Waals surface area contributed by atoms with E-state index in [2.05, 4.69) is 16.7 Å². The van der Waals surface area contributed by atoms with E-state index in [1.165, 1.54) is 11.1 Å². The maximum absolute atomic E-state index is 12.6. The molecule has 0 unspecified atom stereocenters. The van der Waals surface area contributed by atoms with Gasteiger partial charge in [-0.25, -0.2) is 9.59 Å². The molecule has 2 amide bonds. The molecule has 0 fully saturated rings. The molecule has 3 heterocycles. The van der Waals surface area contributed by atoms with Crippen LogP contribution in [0.5, 0.6) is 0 Å². The molecule has 2 aromatic heterocycles. The van der Waals surface area contributed by atoms with Crippen molar-refractivity contribution in [2.75, 3.05) is 20.2 Å². The third-order valence-corrected chi connectivity index (χ3v) is 4.77. The van der Waals surface area contributed by atoms with E-state index in [1.54, 1.807) is 30.4 Å². The largest absolute Gasteiger partial charge is 0.467 e. The lowest BCUT2D eigenvalue weighted by Gasteiger charge is -2.29. The van der Waals surface area contributed by atoms with Crippen LogP contribution in [0.3, 0.4) is 0 Å². The second kappa shape index (κ2) is 8.20. The fourth-order valence-corrected chi connectivity index (χ4v) is 3.64. The van der Waals surface area contributed by atoms with Gasteiger partial charge >= 0.3 is 12.0 Å². The summed E-state index contributed by atoms with van der Waals surface area (Å²) in [6.07, 6.45) is 1.51. The van der Waals surface area contributed by atoms with Crippen LogP contribution in [0.1, 0.15) is 23.6 Å². The molecule has 0 radical (unpaired) electrons. The summed E-state index contributed by atoms with van der Waals surface area (Å²) in [4.78, 5) is 28.0. The predicted molar refractivity (Wildman–Crippen MR) is 97.4 cm³/mol. The van der Waals surface area contributed by atoms with Crippen molar-refractivity contribution in [3.8, 4) is 0 Å². The average molecular weight is 375 g/mol. The number of rotatable bonds is 7. The van der Waals surface area contributed by atoms with Crippen LogP contribution in [0.4, 0.5) is 4.79 Å². The van der Waals surface area contributed by atoms with Crippen LogP contribution in [0.2, 0.25) is 0 Å². The molecule has 2 N–H and O–H groups in total. The maximum atomic E-state index is 12.6. The number of likely N-dealkylation sites (N-methyl/N-ethyl adjacent to an activating group) is 1. The number of carbonyl (C=O) groups excluding carboxylic acids is 2. The Bertz CT molecular complexity index is 783. The molecule has 7 nitrogen and oxygen atoms in total. The lowest BCUT2D eigenvalue weighted by molar-refractivity contribution is -0.139. The summed E-state index contributed by atoms with van der Waals surface area (Å²) < 4.78 is 10.6. The molecule has 26 heavy (non-hydrogen) atoms. The Labute approximate surface area is 155 Å².